The Bertz CT molecular complexity index is 613. The number of aryl methyl sites for hydroxylation is 2. The lowest BCUT2D eigenvalue weighted by molar-refractivity contribution is 0.140. The maximum atomic E-state index is 11.5. The summed E-state index contributed by atoms with van der Waals surface area (Å²) in [6.07, 6.45) is 4.38. The van der Waals surface area contributed by atoms with Crippen molar-refractivity contribution in [3.63, 3.8) is 0 Å². The summed E-state index contributed by atoms with van der Waals surface area (Å²) in [4.78, 5) is 11.5. The molecule has 116 valence electrons. The molecular formula is C17H21N3O2. The fraction of sp³-hybridized carbons (Fsp3) is 0.294. The molecule has 0 bridgehead atoms. The number of carbonyl (C=O) groups is 1. The van der Waals surface area contributed by atoms with Crippen LogP contribution >= 0.6 is 0 Å². The minimum atomic E-state index is -0.395. The van der Waals surface area contributed by atoms with E-state index in [1.807, 2.05) is 56.3 Å². The first kappa shape index (κ1) is 15.8. The van der Waals surface area contributed by atoms with Gasteiger partial charge in [0, 0.05) is 17.8 Å². The standard InChI is InChI=1S/C17H21N3O2/c1-13-16(14(2)20-19-13)10-6-7-11-18-17(21)22-12-15-8-4-3-5-9-15/h3-6,8-10H,7,11-12H2,1-2H3,(H,18,21)(H,19,20). The SMILES string of the molecule is Cc1n[nH]c(C)c1C=CCCNC(=O)OCc1ccccc1. The highest BCUT2D eigenvalue weighted by molar-refractivity contribution is 5.67. The van der Waals surface area contributed by atoms with Crippen molar-refractivity contribution in [2.45, 2.75) is 26.9 Å². The number of rotatable bonds is 6. The lowest BCUT2D eigenvalue weighted by Crippen LogP contribution is -2.24. The van der Waals surface area contributed by atoms with Crippen LogP contribution in [-0.4, -0.2) is 22.8 Å². The van der Waals surface area contributed by atoms with Crippen LogP contribution in [0.1, 0.15) is 28.9 Å². The van der Waals surface area contributed by atoms with Gasteiger partial charge >= 0.3 is 6.09 Å². The number of alkyl carbamates (subject to hydrolysis) is 1. The largest absolute Gasteiger partial charge is 0.445 e. The maximum Gasteiger partial charge on any atom is 0.407 e. The number of ether oxygens (including phenoxy) is 1. The van der Waals surface area contributed by atoms with Gasteiger partial charge in [-0.25, -0.2) is 4.79 Å². The second kappa shape index (κ2) is 8.02. The highest BCUT2D eigenvalue weighted by atomic mass is 16.5. The van der Waals surface area contributed by atoms with Crippen molar-refractivity contribution in [1.82, 2.24) is 15.5 Å². The van der Waals surface area contributed by atoms with Crippen molar-refractivity contribution < 1.29 is 9.53 Å². The zero-order valence-electron chi connectivity index (χ0n) is 12.9. The summed E-state index contributed by atoms with van der Waals surface area (Å²) in [5.41, 5.74) is 4.10. The van der Waals surface area contributed by atoms with Crippen LogP contribution in [0.4, 0.5) is 4.79 Å². The molecule has 0 aliphatic heterocycles. The summed E-state index contributed by atoms with van der Waals surface area (Å²) in [5.74, 6) is 0. The first-order valence-electron chi connectivity index (χ1n) is 7.29. The summed E-state index contributed by atoms with van der Waals surface area (Å²) in [6.45, 7) is 4.78. The Morgan fingerprint density at radius 1 is 1.32 bits per heavy atom. The van der Waals surface area contributed by atoms with E-state index in [9.17, 15) is 4.79 Å². The topological polar surface area (TPSA) is 67.0 Å². The van der Waals surface area contributed by atoms with Gasteiger partial charge in [0.1, 0.15) is 6.61 Å². The molecule has 0 radical (unpaired) electrons. The molecule has 0 atom stereocenters. The quantitative estimate of drug-likeness (QED) is 0.804. The molecule has 2 aromatic rings. The number of hydrogen-bond donors (Lipinski definition) is 2. The average Bonchev–Trinajstić information content (AvgIpc) is 2.85. The Balaban J connectivity index is 1.65. The van der Waals surface area contributed by atoms with Gasteiger partial charge < -0.3 is 10.1 Å². The number of aromatic amines is 1. The third kappa shape index (κ3) is 4.77. The lowest BCUT2D eigenvalue weighted by Gasteiger charge is -2.05. The van der Waals surface area contributed by atoms with Crippen LogP contribution in [0.15, 0.2) is 36.4 Å². The van der Waals surface area contributed by atoms with Crippen LogP contribution in [0.25, 0.3) is 6.08 Å². The van der Waals surface area contributed by atoms with E-state index in [1.165, 1.54) is 0 Å². The van der Waals surface area contributed by atoms with Crippen molar-refractivity contribution in [3.05, 3.63) is 58.9 Å². The smallest absolute Gasteiger partial charge is 0.407 e. The molecule has 1 heterocycles. The van der Waals surface area contributed by atoms with Crippen molar-refractivity contribution in [1.29, 1.82) is 0 Å². The first-order valence-corrected chi connectivity index (χ1v) is 7.29. The molecule has 5 nitrogen and oxygen atoms in total. The number of hydrogen-bond acceptors (Lipinski definition) is 3. The highest BCUT2D eigenvalue weighted by Crippen LogP contribution is 2.11. The van der Waals surface area contributed by atoms with E-state index in [4.69, 9.17) is 4.74 Å². The minimum Gasteiger partial charge on any atom is -0.445 e. The van der Waals surface area contributed by atoms with E-state index < -0.39 is 6.09 Å². The fourth-order valence-electron chi connectivity index (χ4n) is 2.04. The summed E-state index contributed by atoms with van der Waals surface area (Å²) >= 11 is 0. The van der Waals surface area contributed by atoms with E-state index >= 15 is 0 Å². The van der Waals surface area contributed by atoms with Gasteiger partial charge in [0.2, 0.25) is 0 Å². The summed E-state index contributed by atoms with van der Waals surface area (Å²) in [5, 5.41) is 9.79. The van der Waals surface area contributed by atoms with Gasteiger partial charge in [-0.05, 0) is 25.8 Å². The number of carbonyl (C=O) groups excluding carboxylic acids is 1. The predicted octanol–water partition coefficient (Wildman–Crippen LogP) is 3.36. The maximum absolute atomic E-state index is 11.5. The average molecular weight is 299 g/mol. The number of benzene rings is 1. The highest BCUT2D eigenvalue weighted by Gasteiger charge is 2.02. The van der Waals surface area contributed by atoms with Gasteiger partial charge in [0.25, 0.3) is 0 Å². The molecule has 0 unspecified atom stereocenters. The van der Waals surface area contributed by atoms with Crippen LogP contribution in [0, 0.1) is 13.8 Å². The van der Waals surface area contributed by atoms with Gasteiger partial charge in [0.05, 0.1) is 5.69 Å². The van der Waals surface area contributed by atoms with E-state index in [0.717, 1.165) is 28.9 Å². The molecule has 0 aliphatic carbocycles. The van der Waals surface area contributed by atoms with Crippen molar-refractivity contribution in [3.8, 4) is 0 Å². The molecule has 22 heavy (non-hydrogen) atoms. The monoisotopic (exact) mass is 299 g/mol. The van der Waals surface area contributed by atoms with E-state index in [1.54, 1.807) is 0 Å². The van der Waals surface area contributed by atoms with Crippen LogP contribution in [0.5, 0.6) is 0 Å². The van der Waals surface area contributed by atoms with E-state index in [0.29, 0.717) is 6.54 Å². The molecule has 1 aromatic heterocycles. The second-order valence-corrected chi connectivity index (χ2v) is 5.03. The lowest BCUT2D eigenvalue weighted by atomic mass is 10.2. The van der Waals surface area contributed by atoms with Crippen molar-refractivity contribution in [2.75, 3.05) is 6.54 Å². The Kier molecular flexibility index (Phi) is 5.77. The number of nitrogens with one attached hydrogen (secondary N) is 2. The molecule has 0 saturated heterocycles. The van der Waals surface area contributed by atoms with Gasteiger partial charge in [-0.3, -0.25) is 5.10 Å². The molecule has 2 rings (SSSR count). The van der Waals surface area contributed by atoms with Crippen LogP contribution < -0.4 is 5.32 Å². The van der Waals surface area contributed by atoms with Crippen LogP contribution in [-0.2, 0) is 11.3 Å². The zero-order chi connectivity index (χ0) is 15.8. The van der Waals surface area contributed by atoms with Gasteiger partial charge in [-0.1, -0.05) is 42.5 Å². The van der Waals surface area contributed by atoms with Crippen molar-refractivity contribution in [2.24, 2.45) is 0 Å². The number of amides is 1. The van der Waals surface area contributed by atoms with Crippen molar-refractivity contribution >= 4 is 12.2 Å². The van der Waals surface area contributed by atoms with Gasteiger partial charge in [-0.15, -0.1) is 0 Å². The number of aromatic nitrogens is 2. The molecule has 1 aromatic carbocycles. The zero-order valence-corrected chi connectivity index (χ0v) is 12.9. The van der Waals surface area contributed by atoms with E-state index in [-0.39, 0.29) is 6.61 Å². The van der Waals surface area contributed by atoms with Crippen LogP contribution in [0.2, 0.25) is 0 Å². The predicted molar refractivity (Wildman–Crippen MR) is 86.3 cm³/mol. The van der Waals surface area contributed by atoms with Gasteiger partial charge in [-0.2, -0.15) is 5.10 Å². The van der Waals surface area contributed by atoms with Gasteiger partial charge in [0.15, 0.2) is 0 Å². The first-order chi connectivity index (χ1) is 10.7. The molecular weight excluding hydrogens is 278 g/mol. The minimum absolute atomic E-state index is 0.288. The Morgan fingerprint density at radius 3 is 2.77 bits per heavy atom. The number of nitrogens with zero attached hydrogens (tertiary/aromatic N) is 1. The molecule has 0 fully saturated rings. The second-order valence-electron chi connectivity index (χ2n) is 5.03. The normalized spacial score (nSPS) is 10.8. The van der Waals surface area contributed by atoms with Crippen LogP contribution in [0.3, 0.4) is 0 Å². The fourth-order valence-corrected chi connectivity index (χ4v) is 2.04. The molecule has 1 amide bonds. The molecule has 5 heteroatoms. The number of H-pyrrole nitrogens is 1. The van der Waals surface area contributed by atoms with E-state index in [2.05, 4.69) is 15.5 Å². The summed E-state index contributed by atoms with van der Waals surface area (Å²) < 4.78 is 5.13. The summed E-state index contributed by atoms with van der Waals surface area (Å²) in [7, 11) is 0. The Hall–Kier alpha value is -2.56. The molecule has 0 spiro atoms. The summed E-state index contributed by atoms with van der Waals surface area (Å²) in [6, 6.07) is 9.61. The molecule has 0 saturated carbocycles. The third-order valence-electron chi connectivity index (χ3n) is 3.26. The third-order valence-corrected chi connectivity index (χ3v) is 3.26. The Morgan fingerprint density at radius 2 is 2.09 bits per heavy atom. The Labute approximate surface area is 130 Å². The molecule has 2 N–H and O–H groups in total. The molecule has 0 aliphatic rings.